The Balaban J connectivity index is 3.95. The van der Waals surface area contributed by atoms with Crippen LogP contribution in [-0.2, 0) is 15.3 Å². The van der Waals surface area contributed by atoms with Crippen LogP contribution in [0.25, 0.3) is 0 Å². The van der Waals surface area contributed by atoms with E-state index in [0.717, 1.165) is 0 Å². The molecule has 1 unspecified atom stereocenters. The van der Waals surface area contributed by atoms with Crippen LogP contribution in [0.1, 0.15) is 199 Å². The van der Waals surface area contributed by atoms with Gasteiger partial charge in [-0.2, -0.15) is 0 Å². The van der Waals surface area contributed by atoms with Gasteiger partial charge in [0.1, 0.15) is 0 Å². The molecule has 1 rings (SSSR count). The Bertz CT molecular complexity index is 925. The predicted molar refractivity (Wildman–Crippen MR) is 261 cm³/mol. The van der Waals surface area contributed by atoms with Crippen LogP contribution in [0.2, 0.25) is 55.6 Å². The van der Waals surface area contributed by atoms with Crippen LogP contribution >= 0.6 is 0 Å². The van der Waals surface area contributed by atoms with Crippen LogP contribution in [0.3, 0.4) is 0 Å². The first-order valence-electron chi connectivity index (χ1n) is 25.1. The Morgan fingerprint density at radius 1 is 0.536 bits per heavy atom. The van der Waals surface area contributed by atoms with E-state index in [1.54, 1.807) is 13.3 Å². The molecule has 0 N–H and O–H groups in total. The number of rotatable bonds is 36. The summed E-state index contributed by atoms with van der Waals surface area (Å²) in [4.78, 5) is 0. The molecule has 0 aromatic carbocycles. The van der Waals surface area contributed by atoms with Gasteiger partial charge in [-0.3, -0.25) is 0 Å². The van der Waals surface area contributed by atoms with Crippen LogP contribution in [0, 0.1) is 0 Å². The van der Waals surface area contributed by atoms with Crippen molar-refractivity contribution in [1.82, 2.24) is 0 Å². The van der Waals surface area contributed by atoms with Crippen LogP contribution in [0.15, 0.2) is 12.3 Å². The normalized spacial score (nSPS) is 19.3. The molecule has 0 aromatic rings. The number of hydrogen-bond acceptors (Lipinski definition) is 4. The fraction of sp³-hybridized carbons (Fsp3) is 0.958. The third-order valence-corrected chi connectivity index (χ3v) is 69.7. The van der Waals surface area contributed by atoms with Crippen LogP contribution in [-0.4, -0.2) is 89.2 Å². The maximum absolute atomic E-state index is 8.20. The van der Waals surface area contributed by atoms with Gasteiger partial charge in [-0.25, -0.2) is 0 Å². The van der Waals surface area contributed by atoms with E-state index < -0.39 is 64.3 Å². The fourth-order valence-electron chi connectivity index (χ4n) is 9.49. The van der Waals surface area contributed by atoms with Crippen LogP contribution < -0.4 is 0 Å². The minimum absolute atomic E-state index is 0.00838. The molecule has 334 valence electrons. The van der Waals surface area contributed by atoms with Gasteiger partial charge in [0.2, 0.25) is 0 Å². The van der Waals surface area contributed by atoms with Crippen molar-refractivity contribution in [3.8, 4) is 0 Å². The van der Waals surface area contributed by atoms with E-state index in [1.807, 2.05) is 6.26 Å². The van der Waals surface area contributed by atoms with Crippen molar-refractivity contribution >= 4 is 64.3 Å². The second-order valence-electron chi connectivity index (χ2n) is 19.9. The Morgan fingerprint density at radius 2 is 0.893 bits per heavy atom. The monoisotopic (exact) mass is 1130 g/mol. The summed E-state index contributed by atoms with van der Waals surface area (Å²) in [5.41, 5.74) is 0. The second kappa shape index (κ2) is 31.0. The molecule has 0 bridgehead atoms. The zero-order valence-corrected chi connectivity index (χ0v) is 50.1. The summed E-state index contributed by atoms with van der Waals surface area (Å²) in [5.74, 6) is 0. The third kappa shape index (κ3) is 20.0. The van der Waals surface area contributed by atoms with Crippen molar-refractivity contribution in [2.75, 3.05) is 6.61 Å². The fourth-order valence-corrected chi connectivity index (χ4v) is 74.3. The molecule has 0 radical (unpaired) electrons. The van der Waals surface area contributed by atoms with Crippen LogP contribution in [0.5, 0.6) is 0 Å². The van der Waals surface area contributed by atoms with E-state index in [2.05, 4.69) is 95.7 Å². The maximum atomic E-state index is 8.20. The van der Waals surface area contributed by atoms with Crippen molar-refractivity contribution < 1.29 is 15.3 Å². The Hall–Kier alpha value is 2.03. The topological polar surface area (TPSA) is 36.9 Å². The molecule has 4 atom stereocenters. The van der Waals surface area contributed by atoms with Gasteiger partial charge < -0.3 is 0 Å². The molecule has 0 spiro atoms. The molecular formula is C48H102O4SiSn3. The third-order valence-electron chi connectivity index (χ3n) is 13.9. The number of hydrogen-bond donors (Lipinski definition) is 0. The van der Waals surface area contributed by atoms with Crippen molar-refractivity contribution in [2.45, 2.75) is 273 Å². The quantitative estimate of drug-likeness (QED) is 0.0586. The summed E-state index contributed by atoms with van der Waals surface area (Å²) in [7, 11) is -2.31. The molecular weight excluding hydrogens is 1020 g/mol. The Morgan fingerprint density at radius 3 is 1.25 bits per heavy atom. The molecule has 0 aromatic heterocycles. The predicted octanol–water partition coefficient (Wildman–Crippen LogP) is 17.1. The number of ether oxygens (including phenoxy) is 1. The molecule has 1 aliphatic heterocycles. The van der Waals surface area contributed by atoms with Gasteiger partial charge >= 0.3 is 371 Å². The summed E-state index contributed by atoms with van der Waals surface area (Å²) in [5, 5.41) is 0.135. The zero-order valence-electron chi connectivity index (χ0n) is 40.5. The van der Waals surface area contributed by atoms with E-state index >= 15 is 0 Å². The molecule has 0 fully saturated rings. The van der Waals surface area contributed by atoms with E-state index in [4.69, 9.17) is 15.3 Å². The summed E-state index contributed by atoms with van der Waals surface area (Å²) in [6.45, 7) is 32.5. The average Bonchev–Trinajstić information content (AvgIpc) is 3.18. The molecule has 1 heterocycles. The van der Waals surface area contributed by atoms with Gasteiger partial charge in [-0.15, -0.1) is 0 Å². The van der Waals surface area contributed by atoms with E-state index in [0.29, 0.717) is 6.61 Å². The van der Waals surface area contributed by atoms with Gasteiger partial charge in [0.25, 0.3) is 0 Å². The molecule has 0 aliphatic carbocycles. The Labute approximate surface area is 367 Å². The molecule has 4 nitrogen and oxygen atoms in total. The van der Waals surface area contributed by atoms with Gasteiger partial charge in [-0.05, 0) is 0 Å². The SMILES string of the molecule is CCC[CH2][Sn]([CH2]CCC)([CH2]CCC)[CH2][Si](C)(O[C@H]1[C@H]([O][Sn]([CH2]CCC)([CH2]CCC)[CH2]CCC)C=CO[C@@H]1C[O][Sn]([CH2]CCC)([CH2]CCC)[CH2]CCC)C(C)(C)C. The first-order valence-corrected chi connectivity index (χ1v) is 50.2. The van der Waals surface area contributed by atoms with Crippen LogP contribution in [0.4, 0.5) is 0 Å². The molecule has 0 amide bonds. The minimum atomic E-state index is -3.02. The summed E-state index contributed by atoms with van der Waals surface area (Å²) in [6, 6.07) is 0. The molecule has 0 saturated carbocycles. The summed E-state index contributed by atoms with van der Waals surface area (Å²) in [6.07, 6.45) is 27.9. The van der Waals surface area contributed by atoms with E-state index in [1.165, 1.54) is 146 Å². The zero-order chi connectivity index (χ0) is 42.0. The van der Waals surface area contributed by atoms with Gasteiger partial charge in [0.15, 0.2) is 0 Å². The Kier molecular flexibility index (Phi) is 31.0. The molecule has 56 heavy (non-hydrogen) atoms. The molecule has 1 aliphatic rings. The standard InChI is InChI=1S/C12H21O4Si.9C4H9.3Sn/c1-12(2,3)17(4,5)16-11-9(14)6-7-15-10(11)8-13;9*1-3-4-2;;;/h6-7,9-11H,4,8H2,1-3,5H3;9*1,3-4H2,2H3;;;/q-2;;;;;;;;;;;2*+1/t9-,10-,11+,17?;;;;;;;;;;;;/m1............/s1. The van der Waals surface area contributed by atoms with Crippen molar-refractivity contribution in [1.29, 1.82) is 0 Å². The summed E-state index contributed by atoms with van der Waals surface area (Å²) >= 11 is -8.51. The van der Waals surface area contributed by atoms with Crippen molar-refractivity contribution in [3.63, 3.8) is 0 Å². The van der Waals surface area contributed by atoms with E-state index in [-0.39, 0.29) is 23.4 Å². The first kappa shape index (κ1) is 56.1. The van der Waals surface area contributed by atoms with E-state index in [9.17, 15) is 0 Å². The second-order valence-corrected chi connectivity index (χ2v) is 63.9. The van der Waals surface area contributed by atoms with Gasteiger partial charge in [0.05, 0.1) is 0 Å². The molecule has 8 heteroatoms. The summed E-state index contributed by atoms with van der Waals surface area (Å²) < 4.78 is 44.9. The van der Waals surface area contributed by atoms with Gasteiger partial charge in [0, 0.05) is 0 Å². The molecule has 0 saturated heterocycles. The average molecular weight is 1130 g/mol. The number of unbranched alkanes of at least 4 members (excludes halogenated alkanes) is 9. The van der Waals surface area contributed by atoms with Crippen molar-refractivity contribution in [2.24, 2.45) is 0 Å². The van der Waals surface area contributed by atoms with Crippen molar-refractivity contribution in [3.05, 3.63) is 12.3 Å². The first-order chi connectivity index (χ1) is 26.8. The van der Waals surface area contributed by atoms with Gasteiger partial charge in [-0.1, -0.05) is 0 Å².